The van der Waals surface area contributed by atoms with Crippen molar-refractivity contribution < 1.29 is 0 Å². The van der Waals surface area contributed by atoms with Gasteiger partial charge in [-0.1, -0.05) is 19.8 Å². The van der Waals surface area contributed by atoms with Gasteiger partial charge in [0.1, 0.15) is 0 Å². The van der Waals surface area contributed by atoms with Gasteiger partial charge in [0.25, 0.3) is 0 Å². The van der Waals surface area contributed by atoms with Crippen molar-refractivity contribution in [2.45, 2.75) is 32.6 Å². The monoisotopic (exact) mass is 122 g/mol. The van der Waals surface area contributed by atoms with E-state index >= 15 is 0 Å². The fourth-order valence-electron chi connectivity index (χ4n) is 1.59. The fourth-order valence-corrected chi connectivity index (χ4v) is 1.59. The van der Waals surface area contributed by atoms with Crippen LogP contribution in [0.5, 0.6) is 0 Å². The molecule has 0 heterocycles. The van der Waals surface area contributed by atoms with E-state index in [2.05, 4.69) is 12.8 Å². The topological polar surface area (TPSA) is 0 Å². The molecule has 1 rings (SSSR count). The zero-order valence-corrected chi connectivity index (χ0v) is 6.06. The van der Waals surface area contributed by atoms with Crippen LogP contribution in [0.4, 0.5) is 0 Å². The van der Waals surface area contributed by atoms with Crippen molar-refractivity contribution in [2.75, 3.05) is 0 Å². The van der Waals surface area contributed by atoms with E-state index in [0.29, 0.717) is 5.92 Å². The third-order valence-electron chi connectivity index (χ3n) is 2.37. The van der Waals surface area contributed by atoms with E-state index in [1.54, 1.807) is 0 Å². The van der Waals surface area contributed by atoms with Crippen LogP contribution in [0.15, 0.2) is 0 Å². The third kappa shape index (κ3) is 1.48. The number of terminal acetylenes is 1. The molecule has 1 saturated carbocycles. The summed E-state index contributed by atoms with van der Waals surface area (Å²) in [5.74, 6) is 4.17. The van der Waals surface area contributed by atoms with E-state index in [4.69, 9.17) is 6.42 Å². The molecule has 1 aliphatic carbocycles. The first kappa shape index (κ1) is 6.68. The predicted molar refractivity (Wildman–Crippen MR) is 40.0 cm³/mol. The Morgan fingerprint density at radius 3 is 2.44 bits per heavy atom. The minimum Gasteiger partial charge on any atom is -0.120 e. The van der Waals surface area contributed by atoms with Crippen LogP contribution in [0.1, 0.15) is 32.6 Å². The minimum absolute atomic E-state index is 0.521. The average Bonchev–Trinajstić information content (AvgIpc) is 2.37. The maximum atomic E-state index is 5.30. The molecule has 0 spiro atoms. The molecule has 1 atom stereocenters. The van der Waals surface area contributed by atoms with Gasteiger partial charge in [-0.2, -0.15) is 0 Å². The lowest BCUT2D eigenvalue weighted by Crippen LogP contribution is -2.03. The van der Waals surface area contributed by atoms with Gasteiger partial charge in [-0.05, 0) is 18.8 Å². The molecule has 0 radical (unpaired) electrons. The molecule has 0 amide bonds. The molecular formula is C9H14. The summed E-state index contributed by atoms with van der Waals surface area (Å²) in [4.78, 5) is 0. The fraction of sp³-hybridized carbons (Fsp3) is 0.778. The van der Waals surface area contributed by atoms with Crippen molar-refractivity contribution >= 4 is 0 Å². The summed E-state index contributed by atoms with van der Waals surface area (Å²) in [6.45, 7) is 2.16. The van der Waals surface area contributed by atoms with Crippen molar-refractivity contribution in [3.8, 4) is 12.3 Å². The second-order valence-corrected chi connectivity index (χ2v) is 3.00. The second-order valence-electron chi connectivity index (χ2n) is 3.00. The lowest BCUT2D eigenvalue weighted by molar-refractivity contribution is 0.447. The summed E-state index contributed by atoms with van der Waals surface area (Å²) >= 11 is 0. The highest BCUT2D eigenvalue weighted by Gasteiger charge is 2.19. The largest absolute Gasteiger partial charge is 0.120 e. The minimum atomic E-state index is 0.521. The molecule has 9 heavy (non-hydrogen) atoms. The zero-order valence-electron chi connectivity index (χ0n) is 6.06. The molecule has 0 heteroatoms. The Morgan fingerprint density at radius 1 is 1.44 bits per heavy atom. The Hall–Kier alpha value is -0.440. The van der Waals surface area contributed by atoms with E-state index in [0.717, 1.165) is 5.92 Å². The maximum Gasteiger partial charge on any atom is 0.0200 e. The highest BCUT2D eigenvalue weighted by atomic mass is 14.2. The summed E-state index contributed by atoms with van der Waals surface area (Å²) < 4.78 is 0. The molecule has 1 fully saturated rings. The lowest BCUT2D eigenvalue weighted by Gasteiger charge is -2.10. The van der Waals surface area contributed by atoms with Gasteiger partial charge in [0.2, 0.25) is 0 Å². The van der Waals surface area contributed by atoms with Crippen LogP contribution in [0.3, 0.4) is 0 Å². The zero-order chi connectivity index (χ0) is 6.69. The Labute approximate surface area is 57.7 Å². The molecule has 0 aromatic carbocycles. The van der Waals surface area contributed by atoms with Gasteiger partial charge < -0.3 is 0 Å². The third-order valence-corrected chi connectivity index (χ3v) is 2.37. The molecule has 0 aromatic rings. The average molecular weight is 122 g/mol. The summed E-state index contributed by atoms with van der Waals surface area (Å²) in [6, 6.07) is 0. The molecule has 0 N–H and O–H groups in total. The van der Waals surface area contributed by atoms with Gasteiger partial charge in [-0.3, -0.25) is 0 Å². The molecule has 0 unspecified atom stereocenters. The van der Waals surface area contributed by atoms with Crippen LogP contribution in [-0.4, -0.2) is 0 Å². The second kappa shape index (κ2) is 2.92. The Balaban J connectivity index is 2.34. The van der Waals surface area contributed by atoms with Gasteiger partial charge in [0, 0.05) is 5.92 Å². The van der Waals surface area contributed by atoms with Crippen molar-refractivity contribution in [1.29, 1.82) is 0 Å². The van der Waals surface area contributed by atoms with E-state index in [9.17, 15) is 0 Å². The van der Waals surface area contributed by atoms with E-state index in [1.165, 1.54) is 25.7 Å². The van der Waals surface area contributed by atoms with Crippen molar-refractivity contribution in [3.63, 3.8) is 0 Å². The van der Waals surface area contributed by atoms with Gasteiger partial charge in [-0.25, -0.2) is 0 Å². The molecule has 0 saturated heterocycles. The summed E-state index contributed by atoms with van der Waals surface area (Å²) in [5.41, 5.74) is 0. The normalized spacial score (nSPS) is 23.6. The van der Waals surface area contributed by atoms with Crippen LogP contribution in [-0.2, 0) is 0 Å². The van der Waals surface area contributed by atoms with Crippen LogP contribution in [0.25, 0.3) is 0 Å². The van der Waals surface area contributed by atoms with E-state index < -0.39 is 0 Å². The van der Waals surface area contributed by atoms with E-state index in [1.807, 2.05) is 0 Å². The number of hydrogen-bond acceptors (Lipinski definition) is 0. The Morgan fingerprint density at radius 2 is 2.00 bits per heavy atom. The smallest absolute Gasteiger partial charge is 0.0200 e. The number of hydrogen-bond donors (Lipinski definition) is 0. The van der Waals surface area contributed by atoms with Gasteiger partial charge in [0.15, 0.2) is 0 Å². The first-order chi connectivity index (χ1) is 4.34. The molecule has 1 aliphatic rings. The van der Waals surface area contributed by atoms with Gasteiger partial charge in [0.05, 0.1) is 0 Å². The Bertz CT molecular complexity index is 112. The molecule has 50 valence electrons. The maximum absolute atomic E-state index is 5.30. The first-order valence-corrected chi connectivity index (χ1v) is 3.80. The first-order valence-electron chi connectivity index (χ1n) is 3.80. The van der Waals surface area contributed by atoms with Crippen molar-refractivity contribution in [3.05, 3.63) is 0 Å². The van der Waals surface area contributed by atoms with Crippen molar-refractivity contribution in [1.82, 2.24) is 0 Å². The van der Waals surface area contributed by atoms with Crippen molar-refractivity contribution in [2.24, 2.45) is 11.8 Å². The van der Waals surface area contributed by atoms with E-state index in [-0.39, 0.29) is 0 Å². The number of rotatable bonds is 1. The van der Waals surface area contributed by atoms with Gasteiger partial charge >= 0.3 is 0 Å². The quantitative estimate of drug-likeness (QED) is 0.469. The summed E-state index contributed by atoms with van der Waals surface area (Å²) in [5, 5.41) is 0. The lowest BCUT2D eigenvalue weighted by atomic mass is 9.94. The molecule has 0 aliphatic heterocycles. The van der Waals surface area contributed by atoms with Crippen LogP contribution >= 0.6 is 0 Å². The molecule has 0 bridgehead atoms. The van der Waals surface area contributed by atoms with Crippen LogP contribution in [0, 0.1) is 24.2 Å². The predicted octanol–water partition coefficient (Wildman–Crippen LogP) is 2.45. The Kier molecular flexibility index (Phi) is 2.16. The molecule has 0 aromatic heterocycles. The highest BCUT2D eigenvalue weighted by molar-refractivity contribution is 4.94. The molecular weight excluding hydrogens is 108 g/mol. The molecule has 0 nitrogen and oxygen atoms in total. The SMILES string of the molecule is C#C[C@@H](C)C1CCCC1. The van der Waals surface area contributed by atoms with Crippen LogP contribution in [0.2, 0.25) is 0 Å². The summed E-state index contributed by atoms with van der Waals surface area (Å²) in [7, 11) is 0. The highest BCUT2D eigenvalue weighted by Crippen LogP contribution is 2.30. The van der Waals surface area contributed by atoms with Crippen LogP contribution < -0.4 is 0 Å². The summed E-state index contributed by atoms with van der Waals surface area (Å²) in [6.07, 6.45) is 10.8. The standard InChI is InChI=1S/C9H14/c1-3-8(2)9-6-4-5-7-9/h1,8-9H,4-7H2,2H3/t8-/m1/s1. The van der Waals surface area contributed by atoms with Gasteiger partial charge in [-0.15, -0.1) is 12.3 Å².